The van der Waals surface area contributed by atoms with Crippen molar-refractivity contribution in [3.63, 3.8) is 0 Å². The normalized spacial score (nSPS) is 15.7. The lowest BCUT2D eigenvalue weighted by Crippen LogP contribution is -2.32. The molecule has 1 aliphatic rings. The topological polar surface area (TPSA) is 97.5 Å². The van der Waals surface area contributed by atoms with E-state index in [0.717, 1.165) is 29.8 Å². The van der Waals surface area contributed by atoms with E-state index in [2.05, 4.69) is 16.9 Å². The molecule has 9 heteroatoms. The van der Waals surface area contributed by atoms with Gasteiger partial charge in [0.25, 0.3) is 5.91 Å². The standard InChI is InChI=1S/C27H32N4O4S/c1-4-5-6-15-35-21-10-7-9-20(16-21)23-22(24(32)26-18(2)29-19(3)36-26)25(33)27(34)31(23)13-8-12-30-14-11-28-17-30/h7,9-11,14,16-17,23,33H,4-6,8,12-13,15H2,1-3H3. The van der Waals surface area contributed by atoms with Gasteiger partial charge in [-0.1, -0.05) is 31.9 Å². The average Bonchev–Trinajstić information content (AvgIpc) is 3.56. The smallest absolute Gasteiger partial charge is 0.290 e. The lowest BCUT2D eigenvalue weighted by Gasteiger charge is -2.27. The molecule has 0 saturated carbocycles. The number of carbonyl (C=O) groups excluding carboxylic acids is 2. The molecule has 2 aromatic heterocycles. The van der Waals surface area contributed by atoms with Crippen molar-refractivity contribution in [1.82, 2.24) is 19.4 Å². The minimum atomic E-state index is -0.714. The van der Waals surface area contributed by atoms with Gasteiger partial charge in [-0.3, -0.25) is 9.59 Å². The van der Waals surface area contributed by atoms with Crippen molar-refractivity contribution < 1.29 is 19.4 Å². The molecule has 0 spiro atoms. The summed E-state index contributed by atoms with van der Waals surface area (Å²) in [5, 5.41) is 11.7. The second-order valence-corrected chi connectivity index (χ2v) is 10.1. The minimum absolute atomic E-state index is 0.0949. The van der Waals surface area contributed by atoms with Crippen molar-refractivity contribution in [2.75, 3.05) is 13.2 Å². The maximum atomic E-state index is 13.7. The van der Waals surface area contributed by atoms with Crippen molar-refractivity contribution in [2.24, 2.45) is 0 Å². The fourth-order valence-corrected chi connectivity index (χ4v) is 5.36. The molecule has 0 fully saturated rings. The zero-order valence-electron chi connectivity index (χ0n) is 20.9. The Kier molecular flexibility index (Phi) is 8.20. The van der Waals surface area contributed by atoms with Gasteiger partial charge >= 0.3 is 0 Å². The van der Waals surface area contributed by atoms with Crippen LogP contribution in [0.15, 0.2) is 54.3 Å². The van der Waals surface area contributed by atoms with E-state index in [-0.39, 0.29) is 11.4 Å². The molecule has 36 heavy (non-hydrogen) atoms. The van der Waals surface area contributed by atoms with Gasteiger partial charge in [-0.2, -0.15) is 0 Å². The highest BCUT2D eigenvalue weighted by Crippen LogP contribution is 2.41. The fourth-order valence-electron chi connectivity index (χ4n) is 4.49. The highest BCUT2D eigenvalue weighted by Gasteiger charge is 2.44. The van der Waals surface area contributed by atoms with E-state index in [1.807, 2.05) is 42.0 Å². The second kappa shape index (κ2) is 11.5. The first-order valence-corrected chi connectivity index (χ1v) is 13.1. The molecule has 4 rings (SSSR count). The van der Waals surface area contributed by atoms with Gasteiger partial charge in [0.05, 0.1) is 40.1 Å². The van der Waals surface area contributed by atoms with Crippen molar-refractivity contribution >= 4 is 23.0 Å². The Morgan fingerprint density at radius 1 is 1.19 bits per heavy atom. The molecule has 0 bridgehead atoms. The van der Waals surface area contributed by atoms with Gasteiger partial charge in [0.1, 0.15) is 5.75 Å². The van der Waals surface area contributed by atoms with Crippen LogP contribution >= 0.6 is 11.3 Å². The molecule has 0 saturated heterocycles. The number of hydrogen-bond acceptors (Lipinski definition) is 7. The Bertz CT molecular complexity index is 1250. The minimum Gasteiger partial charge on any atom is -0.503 e. The molecule has 1 N–H and O–H groups in total. The number of carbonyl (C=O) groups is 2. The summed E-state index contributed by atoms with van der Waals surface area (Å²) in [4.78, 5) is 37.4. The molecule has 1 amide bonds. The number of amides is 1. The van der Waals surface area contributed by atoms with Crippen LogP contribution in [0.5, 0.6) is 5.75 Å². The van der Waals surface area contributed by atoms with E-state index >= 15 is 0 Å². The number of hydrogen-bond donors (Lipinski definition) is 1. The van der Waals surface area contributed by atoms with Gasteiger partial charge in [-0.25, -0.2) is 9.97 Å². The third kappa shape index (κ3) is 5.51. The predicted molar refractivity (Wildman–Crippen MR) is 138 cm³/mol. The number of aromatic nitrogens is 3. The summed E-state index contributed by atoms with van der Waals surface area (Å²) in [5.74, 6) is -0.716. The Labute approximate surface area is 215 Å². The Morgan fingerprint density at radius 2 is 2.03 bits per heavy atom. The van der Waals surface area contributed by atoms with Gasteiger partial charge in [0, 0.05) is 25.5 Å². The predicted octanol–water partition coefficient (Wildman–Crippen LogP) is 5.19. The van der Waals surface area contributed by atoms with Crippen LogP contribution in [0.4, 0.5) is 0 Å². The number of Topliss-reactive ketones (excluding diaryl/α,β-unsaturated/α-hetero) is 1. The largest absolute Gasteiger partial charge is 0.503 e. The van der Waals surface area contributed by atoms with E-state index in [0.29, 0.717) is 42.4 Å². The molecule has 1 aromatic carbocycles. The molecule has 1 atom stereocenters. The fraction of sp³-hybridized carbons (Fsp3) is 0.407. The Morgan fingerprint density at radius 3 is 2.72 bits per heavy atom. The Hall–Kier alpha value is -3.46. The van der Waals surface area contributed by atoms with E-state index < -0.39 is 17.7 Å². The lowest BCUT2D eigenvalue weighted by atomic mass is 9.95. The quantitative estimate of drug-likeness (QED) is 0.267. The maximum absolute atomic E-state index is 13.7. The molecule has 190 valence electrons. The third-order valence-corrected chi connectivity index (χ3v) is 7.29. The van der Waals surface area contributed by atoms with Crippen LogP contribution in [-0.4, -0.2) is 49.4 Å². The molecule has 0 aliphatic carbocycles. The zero-order chi connectivity index (χ0) is 25.7. The highest BCUT2D eigenvalue weighted by molar-refractivity contribution is 7.14. The summed E-state index contributed by atoms with van der Waals surface area (Å²) >= 11 is 1.28. The van der Waals surface area contributed by atoms with Gasteiger partial charge in [0.15, 0.2) is 5.76 Å². The number of thiazole rings is 1. The number of ketones is 1. The van der Waals surface area contributed by atoms with Crippen LogP contribution in [0.3, 0.4) is 0 Å². The maximum Gasteiger partial charge on any atom is 0.290 e. The van der Waals surface area contributed by atoms with Crippen LogP contribution < -0.4 is 4.74 Å². The summed E-state index contributed by atoms with van der Waals surface area (Å²) in [5.41, 5.74) is 1.42. The SMILES string of the molecule is CCCCCOc1cccc(C2C(C(=O)c3sc(C)nc3C)=C(O)C(=O)N2CCCn2ccnc2)c1. The first kappa shape index (κ1) is 25.6. The summed E-state index contributed by atoms with van der Waals surface area (Å²) in [7, 11) is 0. The Balaban J connectivity index is 1.65. The number of ether oxygens (including phenoxy) is 1. The number of unbranched alkanes of at least 4 members (excludes halogenated alkanes) is 2. The summed E-state index contributed by atoms with van der Waals surface area (Å²) in [6.07, 6.45) is 9.08. The van der Waals surface area contributed by atoms with Crippen molar-refractivity contribution in [3.8, 4) is 5.75 Å². The number of aliphatic hydroxyl groups excluding tert-OH is 1. The first-order valence-electron chi connectivity index (χ1n) is 12.3. The highest BCUT2D eigenvalue weighted by atomic mass is 32.1. The van der Waals surface area contributed by atoms with Crippen LogP contribution in [0, 0.1) is 13.8 Å². The molecule has 1 aliphatic heterocycles. The number of rotatable bonds is 12. The van der Waals surface area contributed by atoms with Crippen LogP contribution in [0.25, 0.3) is 0 Å². The van der Waals surface area contributed by atoms with Crippen molar-refractivity contribution in [2.45, 2.75) is 59.0 Å². The van der Waals surface area contributed by atoms with E-state index in [9.17, 15) is 14.7 Å². The second-order valence-electron chi connectivity index (χ2n) is 8.92. The van der Waals surface area contributed by atoms with Crippen LogP contribution in [0.2, 0.25) is 0 Å². The van der Waals surface area contributed by atoms with Crippen LogP contribution in [-0.2, 0) is 11.3 Å². The van der Waals surface area contributed by atoms with Gasteiger partial charge in [0.2, 0.25) is 5.78 Å². The number of benzene rings is 1. The molecule has 8 nitrogen and oxygen atoms in total. The van der Waals surface area contributed by atoms with Crippen molar-refractivity contribution in [1.29, 1.82) is 0 Å². The van der Waals surface area contributed by atoms with Gasteiger partial charge < -0.3 is 19.3 Å². The number of imidazole rings is 1. The average molecular weight is 509 g/mol. The number of nitrogens with zero attached hydrogens (tertiary/aromatic N) is 4. The number of aryl methyl sites for hydroxylation is 3. The van der Waals surface area contributed by atoms with Gasteiger partial charge in [-0.15, -0.1) is 11.3 Å². The molecule has 1 unspecified atom stereocenters. The molecule has 3 aromatic rings. The molecular formula is C27H32N4O4S. The van der Waals surface area contributed by atoms with Gasteiger partial charge in [-0.05, 0) is 44.4 Å². The summed E-state index contributed by atoms with van der Waals surface area (Å²) in [6.45, 7) is 7.37. The molecular weight excluding hydrogens is 476 g/mol. The summed E-state index contributed by atoms with van der Waals surface area (Å²) < 4.78 is 7.88. The molecule has 3 heterocycles. The van der Waals surface area contributed by atoms with E-state index in [4.69, 9.17) is 4.74 Å². The zero-order valence-corrected chi connectivity index (χ0v) is 21.8. The number of aliphatic hydroxyl groups is 1. The monoisotopic (exact) mass is 508 g/mol. The molecule has 0 radical (unpaired) electrons. The van der Waals surface area contributed by atoms with Crippen LogP contribution in [0.1, 0.15) is 64.6 Å². The third-order valence-electron chi connectivity index (χ3n) is 6.22. The lowest BCUT2D eigenvalue weighted by molar-refractivity contribution is -0.129. The van der Waals surface area contributed by atoms with E-state index in [1.165, 1.54) is 11.3 Å². The van der Waals surface area contributed by atoms with Crippen molar-refractivity contribution in [3.05, 3.63) is 75.5 Å². The van der Waals surface area contributed by atoms with E-state index in [1.54, 1.807) is 24.3 Å². The summed E-state index contributed by atoms with van der Waals surface area (Å²) in [6, 6.07) is 6.75. The first-order chi connectivity index (χ1) is 17.4.